The Balaban J connectivity index is 0.000000257. The number of hydrogen-bond donors (Lipinski definition) is 1. The molecule has 0 amide bonds. The summed E-state index contributed by atoms with van der Waals surface area (Å²) in [5.41, 5.74) is 2.74. The van der Waals surface area contributed by atoms with Gasteiger partial charge in [0.25, 0.3) is 0 Å². The summed E-state index contributed by atoms with van der Waals surface area (Å²) >= 11 is 1.61. The van der Waals surface area contributed by atoms with Crippen molar-refractivity contribution < 1.29 is 14.6 Å². The number of carbonyl (C=O) groups excluding carboxylic acids is 1. The Morgan fingerprint density at radius 2 is 1.68 bits per heavy atom. The standard InChI is InChI=1S/C21H21NO2S.C8H10O/c23-21(19-15-25-20-6-2-1-5-18(19)20)16-7-9-17(10-8-16)24-14-13-22-11-3-4-12-22;1-2-7-3-5-8(9)6-4-7/h1-2,5-10,15H,3-4,11-14H2;3-6,9H,2H2,1H3. The molecule has 4 aromatic rings. The first-order chi connectivity index (χ1) is 16.6. The summed E-state index contributed by atoms with van der Waals surface area (Å²) in [6, 6.07) is 22.8. The van der Waals surface area contributed by atoms with Crippen LogP contribution in [0.4, 0.5) is 0 Å². The summed E-state index contributed by atoms with van der Waals surface area (Å²) in [6.07, 6.45) is 3.63. The lowest BCUT2D eigenvalue weighted by Gasteiger charge is -2.14. The van der Waals surface area contributed by atoms with Gasteiger partial charge in [-0.15, -0.1) is 11.3 Å². The molecule has 4 nitrogen and oxygen atoms in total. The first-order valence-corrected chi connectivity index (χ1v) is 12.8. The second-order valence-electron chi connectivity index (χ2n) is 8.42. The van der Waals surface area contributed by atoms with Crippen LogP contribution in [0.15, 0.2) is 78.2 Å². The van der Waals surface area contributed by atoms with E-state index in [2.05, 4.69) is 11.8 Å². The maximum atomic E-state index is 12.8. The lowest BCUT2D eigenvalue weighted by molar-refractivity contribution is 0.104. The molecule has 1 saturated heterocycles. The van der Waals surface area contributed by atoms with Crippen LogP contribution in [-0.2, 0) is 6.42 Å². The van der Waals surface area contributed by atoms with Crippen LogP contribution in [0.3, 0.4) is 0 Å². The van der Waals surface area contributed by atoms with Crippen molar-refractivity contribution in [3.63, 3.8) is 0 Å². The van der Waals surface area contributed by atoms with E-state index in [-0.39, 0.29) is 5.78 Å². The van der Waals surface area contributed by atoms with Crippen molar-refractivity contribution in [3.8, 4) is 11.5 Å². The highest BCUT2D eigenvalue weighted by molar-refractivity contribution is 7.17. The Morgan fingerprint density at radius 1 is 0.971 bits per heavy atom. The van der Waals surface area contributed by atoms with Crippen LogP contribution in [0.5, 0.6) is 11.5 Å². The van der Waals surface area contributed by atoms with Crippen LogP contribution in [0.2, 0.25) is 0 Å². The van der Waals surface area contributed by atoms with E-state index in [1.165, 1.54) is 31.5 Å². The van der Waals surface area contributed by atoms with Crippen molar-refractivity contribution in [2.45, 2.75) is 26.2 Å². The van der Waals surface area contributed by atoms with Gasteiger partial charge in [0, 0.05) is 33.1 Å². The predicted molar refractivity (Wildman–Crippen MR) is 140 cm³/mol. The Bertz CT molecular complexity index is 1190. The minimum Gasteiger partial charge on any atom is -0.508 e. The van der Waals surface area contributed by atoms with E-state index < -0.39 is 0 Å². The third-order valence-electron chi connectivity index (χ3n) is 6.06. The molecule has 1 aliphatic heterocycles. The summed E-state index contributed by atoms with van der Waals surface area (Å²) < 4.78 is 6.96. The molecule has 0 atom stereocenters. The van der Waals surface area contributed by atoms with Gasteiger partial charge >= 0.3 is 0 Å². The van der Waals surface area contributed by atoms with Crippen molar-refractivity contribution in [2.24, 2.45) is 0 Å². The van der Waals surface area contributed by atoms with Crippen LogP contribution < -0.4 is 4.74 Å². The van der Waals surface area contributed by atoms with Gasteiger partial charge in [0.15, 0.2) is 5.78 Å². The number of rotatable bonds is 7. The normalized spacial score (nSPS) is 13.4. The fourth-order valence-electron chi connectivity index (χ4n) is 4.04. The smallest absolute Gasteiger partial charge is 0.194 e. The molecule has 0 saturated carbocycles. The molecule has 3 aromatic carbocycles. The number of ketones is 1. The molecule has 0 radical (unpaired) electrons. The van der Waals surface area contributed by atoms with Gasteiger partial charge in [-0.1, -0.05) is 37.3 Å². The molecule has 0 aliphatic carbocycles. The molecular formula is C29H31NO3S. The van der Waals surface area contributed by atoms with Gasteiger partial charge in [-0.2, -0.15) is 0 Å². The van der Waals surface area contributed by atoms with Crippen LogP contribution in [0.25, 0.3) is 10.1 Å². The molecule has 0 unspecified atom stereocenters. The summed E-state index contributed by atoms with van der Waals surface area (Å²) in [7, 11) is 0. The number of aromatic hydroxyl groups is 1. The number of nitrogens with zero attached hydrogens (tertiary/aromatic N) is 1. The van der Waals surface area contributed by atoms with E-state index in [0.29, 0.717) is 17.9 Å². The number of hydrogen-bond acceptors (Lipinski definition) is 5. The minimum atomic E-state index is 0.0704. The molecule has 1 fully saturated rings. The third-order valence-corrected chi connectivity index (χ3v) is 7.03. The largest absolute Gasteiger partial charge is 0.508 e. The van der Waals surface area contributed by atoms with Crippen molar-refractivity contribution in [3.05, 3.63) is 94.9 Å². The molecule has 1 aromatic heterocycles. The first kappa shape index (κ1) is 24.0. The van der Waals surface area contributed by atoms with E-state index in [1.54, 1.807) is 23.5 Å². The van der Waals surface area contributed by atoms with Crippen molar-refractivity contribution >= 4 is 27.2 Å². The zero-order chi connectivity index (χ0) is 23.8. The highest BCUT2D eigenvalue weighted by Gasteiger charge is 2.14. The number of phenols is 1. The summed E-state index contributed by atoms with van der Waals surface area (Å²) in [6.45, 7) is 6.13. The van der Waals surface area contributed by atoms with Crippen LogP contribution in [0.1, 0.15) is 41.3 Å². The number of ether oxygens (including phenoxy) is 1. The molecule has 1 aliphatic rings. The number of benzene rings is 3. The van der Waals surface area contributed by atoms with Crippen molar-refractivity contribution in [1.82, 2.24) is 4.90 Å². The van der Waals surface area contributed by atoms with Gasteiger partial charge in [-0.25, -0.2) is 0 Å². The van der Waals surface area contributed by atoms with Crippen LogP contribution in [-0.4, -0.2) is 42.0 Å². The topological polar surface area (TPSA) is 49.8 Å². The molecular weight excluding hydrogens is 442 g/mol. The molecule has 176 valence electrons. The lowest BCUT2D eigenvalue weighted by Crippen LogP contribution is -2.25. The monoisotopic (exact) mass is 473 g/mol. The Labute approximate surface area is 205 Å². The Hall–Kier alpha value is -3.15. The molecule has 34 heavy (non-hydrogen) atoms. The maximum absolute atomic E-state index is 12.8. The van der Waals surface area contributed by atoms with Gasteiger partial charge < -0.3 is 9.84 Å². The predicted octanol–water partition coefficient (Wildman–Crippen LogP) is 6.56. The minimum absolute atomic E-state index is 0.0704. The van der Waals surface area contributed by atoms with Crippen LogP contribution >= 0.6 is 11.3 Å². The fourth-order valence-corrected chi connectivity index (χ4v) is 4.98. The molecule has 0 spiro atoms. The van der Waals surface area contributed by atoms with Gasteiger partial charge in [0.1, 0.15) is 18.1 Å². The maximum Gasteiger partial charge on any atom is 0.194 e. The van der Waals surface area contributed by atoms with E-state index in [4.69, 9.17) is 9.84 Å². The van der Waals surface area contributed by atoms with E-state index >= 15 is 0 Å². The second-order valence-corrected chi connectivity index (χ2v) is 9.33. The SMILES string of the molecule is CCc1ccc(O)cc1.O=C(c1ccc(OCCN2CCCC2)cc1)c1csc2ccccc12. The number of phenolic OH excluding ortho intramolecular Hbond substituents is 1. The lowest BCUT2D eigenvalue weighted by atomic mass is 10.0. The van der Waals surface area contributed by atoms with Crippen molar-refractivity contribution in [1.29, 1.82) is 0 Å². The number of carbonyl (C=O) groups is 1. The summed E-state index contributed by atoms with van der Waals surface area (Å²) in [5, 5.41) is 11.8. The van der Waals surface area contributed by atoms with Gasteiger partial charge in [-0.05, 0) is 80.4 Å². The van der Waals surface area contributed by atoms with Crippen LogP contribution in [0, 0.1) is 0 Å². The number of likely N-dealkylation sites (tertiary alicyclic amines) is 1. The quantitative estimate of drug-likeness (QED) is 0.309. The highest BCUT2D eigenvalue weighted by Crippen LogP contribution is 2.28. The average molecular weight is 474 g/mol. The third kappa shape index (κ3) is 6.25. The van der Waals surface area contributed by atoms with Gasteiger partial charge in [0.05, 0.1) is 0 Å². The summed E-state index contributed by atoms with van der Waals surface area (Å²) in [5.74, 6) is 1.24. The number of fused-ring (bicyclic) bond motifs is 1. The van der Waals surface area contributed by atoms with Gasteiger partial charge in [0.2, 0.25) is 0 Å². The Kier molecular flexibility index (Phi) is 8.34. The molecule has 2 heterocycles. The molecule has 0 bridgehead atoms. The van der Waals surface area contributed by atoms with Gasteiger partial charge in [-0.3, -0.25) is 9.69 Å². The van der Waals surface area contributed by atoms with Crippen molar-refractivity contribution in [2.75, 3.05) is 26.2 Å². The average Bonchev–Trinajstić information content (AvgIpc) is 3.55. The molecule has 5 heteroatoms. The fraction of sp³-hybridized carbons (Fsp3) is 0.276. The zero-order valence-electron chi connectivity index (χ0n) is 19.6. The van der Waals surface area contributed by atoms with E-state index in [1.807, 2.05) is 66.0 Å². The Morgan fingerprint density at radius 3 is 2.38 bits per heavy atom. The van der Waals surface area contributed by atoms with E-state index in [0.717, 1.165) is 34.4 Å². The highest BCUT2D eigenvalue weighted by atomic mass is 32.1. The van der Waals surface area contributed by atoms with E-state index in [9.17, 15) is 4.79 Å². The second kappa shape index (κ2) is 11.8. The number of thiophene rings is 1. The number of aryl methyl sites for hydroxylation is 1. The summed E-state index contributed by atoms with van der Waals surface area (Å²) in [4.78, 5) is 15.2. The molecule has 1 N–H and O–H groups in total. The molecule has 5 rings (SSSR count). The first-order valence-electron chi connectivity index (χ1n) is 11.9. The zero-order valence-corrected chi connectivity index (χ0v) is 20.4.